The summed E-state index contributed by atoms with van der Waals surface area (Å²) in [4.78, 5) is 20.9. The number of fused-ring (bicyclic) bond motifs is 1. The summed E-state index contributed by atoms with van der Waals surface area (Å²) in [6.07, 6.45) is 1.07. The Morgan fingerprint density at radius 1 is 1.19 bits per heavy atom. The van der Waals surface area contributed by atoms with Gasteiger partial charge in [0.2, 0.25) is 5.82 Å². The molecule has 1 aromatic carbocycles. The Balaban J connectivity index is 1.40. The summed E-state index contributed by atoms with van der Waals surface area (Å²) in [5.41, 5.74) is 9.52. The van der Waals surface area contributed by atoms with Crippen LogP contribution in [-0.2, 0) is 6.42 Å². The minimum atomic E-state index is -0.377. The van der Waals surface area contributed by atoms with E-state index in [0.717, 1.165) is 17.1 Å². The van der Waals surface area contributed by atoms with Crippen molar-refractivity contribution in [1.29, 1.82) is 5.26 Å². The third-order valence-corrected chi connectivity index (χ3v) is 4.80. The lowest BCUT2D eigenvalue weighted by molar-refractivity contribution is 0.0943. The van der Waals surface area contributed by atoms with Crippen molar-refractivity contribution in [2.45, 2.75) is 26.7 Å². The lowest BCUT2D eigenvalue weighted by Crippen LogP contribution is -2.26. The number of para-hydroxylation sites is 1. The molecular weight excluding hydrogens is 394 g/mol. The first-order valence-electron chi connectivity index (χ1n) is 9.80. The number of nitrogens with zero attached hydrogens (tertiary/aromatic N) is 7. The topological polar surface area (TPSA) is 140 Å². The fraction of sp³-hybridized carbons (Fsp3) is 0.238. The number of nitrogens with two attached hydrogens (primary N) is 1. The molecule has 0 aliphatic rings. The van der Waals surface area contributed by atoms with Gasteiger partial charge in [-0.25, -0.2) is 14.2 Å². The van der Waals surface area contributed by atoms with Gasteiger partial charge in [-0.05, 0) is 44.9 Å². The van der Waals surface area contributed by atoms with E-state index in [1.54, 1.807) is 9.20 Å². The van der Waals surface area contributed by atoms with Crippen molar-refractivity contribution in [3.63, 3.8) is 0 Å². The van der Waals surface area contributed by atoms with Gasteiger partial charge in [-0.3, -0.25) is 4.79 Å². The van der Waals surface area contributed by atoms with Crippen molar-refractivity contribution in [3.05, 3.63) is 64.9 Å². The number of aryl methyl sites for hydroxylation is 3. The predicted octanol–water partition coefficient (Wildman–Crippen LogP) is 1.74. The third kappa shape index (κ3) is 3.93. The van der Waals surface area contributed by atoms with E-state index in [1.165, 1.54) is 0 Å². The Kier molecular flexibility index (Phi) is 5.32. The quantitative estimate of drug-likeness (QED) is 0.457. The molecule has 3 heterocycles. The number of nitriles is 1. The summed E-state index contributed by atoms with van der Waals surface area (Å²) in [6.45, 7) is 4.12. The number of nitrogen functional groups attached to an aromatic ring is 1. The minimum absolute atomic E-state index is 0.0662. The van der Waals surface area contributed by atoms with Crippen LogP contribution in [0.2, 0.25) is 0 Å². The van der Waals surface area contributed by atoms with E-state index in [9.17, 15) is 10.1 Å². The molecule has 0 fully saturated rings. The van der Waals surface area contributed by atoms with Gasteiger partial charge in [0.05, 0.1) is 11.4 Å². The first-order valence-corrected chi connectivity index (χ1v) is 9.80. The molecule has 0 aliphatic heterocycles. The van der Waals surface area contributed by atoms with E-state index in [1.807, 2.05) is 50.2 Å². The monoisotopic (exact) mass is 415 g/mol. The fourth-order valence-electron chi connectivity index (χ4n) is 3.34. The van der Waals surface area contributed by atoms with E-state index in [0.29, 0.717) is 42.2 Å². The molecule has 156 valence electrons. The van der Waals surface area contributed by atoms with Crippen LogP contribution >= 0.6 is 0 Å². The second kappa shape index (κ2) is 8.23. The zero-order valence-electron chi connectivity index (χ0n) is 17.2. The smallest absolute Gasteiger partial charge is 0.291 e. The number of hydrogen-bond donors (Lipinski definition) is 2. The average molecular weight is 415 g/mol. The number of carbonyl (C=O) groups excluding carboxylic acids is 1. The Bertz CT molecular complexity index is 1300. The molecule has 0 unspecified atom stereocenters. The van der Waals surface area contributed by atoms with Gasteiger partial charge in [0.15, 0.2) is 0 Å². The highest BCUT2D eigenvalue weighted by molar-refractivity contribution is 5.90. The van der Waals surface area contributed by atoms with Crippen LogP contribution in [0, 0.1) is 25.2 Å². The second-order valence-electron chi connectivity index (χ2n) is 7.11. The number of nitrogens with one attached hydrogen (secondary N) is 1. The van der Waals surface area contributed by atoms with Crippen molar-refractivity contribution in [1.82, 2.24) is 34.7 Å². The molecule has 31 heavy (non-hydrogen) atoms. The van der Waals surface area contributed by atoms with Crippen LogP contribution in [0.1, 0.15) is 39.7 Å². The molecule has 10 heteroatoms. The zero-order valence-corrected chi connectivity index (χ0v) is 17.2. The molecule has 4 rings (SSSR count). The number of aromatic nitrogens is 6. The SMILES string of the molecule is Cc1cc(C)n2nc(C(=O)NCCCc3nn(-c4ccccc4)c(N)c3C#N)nc2n1. The number of benzene rings is 1. The molecule has 0 saturated carbocycles. The van der Waals surface area contributed by atoms with Gasteiger partial charge < -0.3 is 11.1 Å². The summed E-state index contributed by atoms with van der Waals surface area (Å²) < 4.78 is 3.10. The maximum absolute atomic E-state index is 12.4. The van der Waals surface area contributed by atoms with E-state index in [-0.39, 0.29) is 11.7 Å². The fourth-order valence-corrected chi connectivity index (χ4v) is 3.34. The number of hydrogen-bond acceptors (Lipinski definition) is 7. The molecule has 1 amide bonds. The van der Waals surface area contributed by atoms with Crippen LogP contribution in [0.25, 0.3) is 11.5 Å². The highest BCUT2D eigenvalue weighted by Crippen LogP contribution is 2.21. The molecule has 0 radical (unpaired) electrons. The molecule has 3 N–H and O–H groups in total. The number of rotatable bonds is 6. The van der Waals surface area contributed by atoms with Gasteiger partial charge in [0.25, 0.3) is 11.7 Å². The molecule has 0 bridgehead atoms. The Labute approximate surface area is 178 Å². The third-order valence-electron chi connectivity index (χ3n) is 4.80. The largest absolute Gasteiger partial charge is 0.382 e. The molecular formula is C21H21N9O. The van der Waals surface area contributed by atoms with E-state index < -0.39 is 0 Å². The van der Waals surface area contributed by atoms with E-state index >= 15 is 0 Å². The molecule has 0 spiro atoms. The van der Waals surface area contributed by atoms with Crippen molar-refractivity contribution in [3.8, 4) is 11.8 Å². The Morgan fingerprint density at radius 2 is 1.97 bits per heavy atom. The highest BCUT2D eigenvalue weighted by atomic mass is 16.2. The van der Waals surface area contributed by atoms with Crippen molar-refractivity contribution in [2.24, 2.45) is 0 Å². The predicted molar refractivity (Wildman–Crippen MR) is 114 cm³/mol. The van der Waals surface area contributed by atoms with Crippen molar-refractivity contribution >= 4 is 17.5 Å². The van der Waals surface area contributed by atoms with Crippen molar-refractivity contribution in [2.75, 3.05) is 12.3 Å². The molecule has 0 aliphatic carbocycles. The Hall–Kier alpha value is -4.26. The van der Waals surface area contributed by atoms with Gasteiger partial charge in [0.1, 0.15) is 17.5 Å². The van der Waals surface area contributed by atoms with Crippen LogP contribution in [-0.4, -0.2) is 41.8 Å². The molecule has 0 saturated heterocycles. The lowest BCUT2D eigenvalue weighted by atomic mass is 10.1. The van der Waals surface area contributed by atoms with Crippen LogP contribution in [0.3, 0.4) is 0 Å². The van der Waals surface area contributed by atoms with Gasteiger partial charge >= 0.3 is 0 Å². The average Bonchev–Trinajstić information content (AvgIpc) is 3.33. The molecule has 4 aromatic rings. The van der Waals surface area contributed by atoms with E-state index in [2.05, 4.69) is 31.6 Å². The summed E-state index contributed by atoms with van der Waals surface area (Å²) in [7, 11) is 0. The van der Waals surface area contributed by atoms with Gasteiger partial charge in [-0.1, -0.05) is 18.2 Å². The second-order valence-corrected chi connectivity index (χ2v) is 7.11. The summed E-state index contributed by atoms with van der Waals surface area (Å²) in [6, 6.07) is 13.4. The first-order chi connectivity index (χ1) is 15.0. The number of amides is 1. The lowest BCUT2D eigenvalue weighted by Gasteiger charge is -2.02. The highest BCUT2D eigenvalue weighted by Gasteiger charge is 2.17. The maximum atomic E-state index is 12.4. The maximum Gasteiger partial charge on any atom is 0.291 e. The summed E-state index contributed by atoms with van der Waals surface area (Å²) in [5.74, 6) is 0.386. The summed E-state index contributed by atoms with van der Waals surface area (Å²) >= 11 is 0. The standard InChI is InChI=1S/C21H21N9O/c1-13-11-14(2)29-21(25-13)26-19(28-29)20(31)24-10-6-9-17-16(12-22)18(23)30(27-17)15-7-4-3-5-8-15/h3-5,7-8,11H,6,9-10,23H2,1-2H3,(H,24,31). The normalized spacial score (nSPS) is 10.9. The molecule has 0 atom stereocenters. The first kappa shape index (κ1) is 20.0. The van der Waals surface area contributed by atoms with Crippen LogP contribution < -0.4 is 11.1 Å². The number of anilines is 1. The Morgan fingerprint density at radius 3 is 2.71 bits per heavy atom. The zero-order chi connectivity index (χ0) is 22.0. The van der Waals surface area contributed by atoms with Crippen LogP contribution in [0.4, 0.5) is 5.82 Å². The van der Waals surface area contributed by atoms with Gasteiger partial charge in [-0.2, -0.15) is 15.3 Å². The van der Waals surface area contributed by atoms with Crippen LogP contribution in [0.15, 0.2) is 36.4 Å². The van der Waals surface area contributed by atoms with Crippen LogP contribution in [0.5, 0.6) is 0 Å². The summed E-state index contributed by atoms with van der Waals surface area (Å²) in [5, 5.41) is 21.0. The number of carbonyl (C=O) groups is 1. The molecule has 10 nitrogen and oxygen atoms in total. The molecule has 3 aromatic heterocycles. The van der Waals surface area contributed by atoms with Gasteiger partial charge in [0, 0.05) is 17.9 Å². The van der Waals surface area contributed by atoms with E-state index in [4.69, 9.17) is 5.73 Å². The van der Waals surface area contributed by atoms with Gasteiger partial charge in [-0.15, -0.1) is 5.10 Å². The minimum Gasteiger partial charge on any atom is -0.382 e. The van der Waals surface area contributed by atoms with Crippen molar-refractivity contribution < 1.29 is 4.79 Å².